The molecule has 0 aliphatic carbocycles. The van der Waals surface area contributed by atoms with Gasteiger partial charge in [0, 0.05) is 103 Å². The highest BCUT2D eigenvalue weighted by Crippen LogP contribution is 2.41. The largest absolute Gasteiger partial charge is 0.265 e. The van der Waals surface area contributed by atoms with Gasteiger partial charge >= 0.3 is 0 Å². The maximum Gasteiger partial charge on any atom is 0.128 e. The zero-order valence-corrected chi connectivity index (χ0v) is 53.8. The van der Waals surface area contributed by atoms with Gasteiger partial charge < -0.3 is 0 Å². The number of fused-ring (bicyclic) bond motifs is 4. The molecule has 15 rings (SSSR count). The molecule has 0 fully saturated rings. The quantitative estimate of drug-likeness (QED) is 0.141. The van der Waals surface area contributed by atoms with Gasteiger partial charge in [0.15, 0.2) is 0 Å². The Balaban J connectivity index is 0.000000172. The molecule has 9 heterocycles. The van der Waals surface area contributed by atoms with Crippen LogP contribution in [-0.4, -0.2) is 74.8 Å². The lowest BCUT2D eigenvalue weighted by molar-refractivity contribution is 0.974. The second-order valence-corrected chi connectivity index (χ2v) is 20.4. The summed E-state index contributed by atoms with van der Waals surface area (Å²) in [6.45, 7) is 19.8. The first-order valence-electron chi connectivity index (χ1n) is 29.7. The maximum absolute atomic E-state index is 4.38. The lowest BCUT2D eigenvalue weighted by Gasteiger charge is -2.16. The summed E-state index contributed by atoms with van der Waals surface area (Å²) >= 11 is 0. The van der Waals surface area contributed by atoms with Crippen LogP contribution >= 0.6 is 0 Å². The van der Waals surface area contributed by atoms with Gasteiger partial charge in [0.05, 0.1) is 11.2 Å². The van der Waals surface area contributed by atoms with Crippen LogP contribution in [0.5, 0.6) is 0 Å². The fourth-order valence-corrected chi connectivity index (χ4v) is 8.35. The van der Waals surface area contributed by atoms with Gasteiger partial charge in [-0.15, -0.1) is 0 Å². The molecule has 0 N–H and O–H groups in total. The normalized spacial score (nSPS) is 9.63. The summed E-state index contributed by atoms with van der Waals surface area (Å²) in [6, 6.07) is 62.5. The molecule has 0 atom stereocenters. The molecule has 0 aliphatic heterocycles. The Morgan fingerprint density at radius 1 is 0.239 bits per heavy atom. The molecule has 92 heavy (non-hydrogen) atoms. The highest BCUT2D eigenvalue weighted by molar-refractivity contribution is 6.18. The Hall–Kier alpha value is -11.7. The number of pyridine rings is 4. The van der Waals surface area contributed by atoms with E-state index in [0.717, 1.165) is 45.5 Å². The number of hydrogen-bond donors (Lipinski definition) is 0. The van der Waals surface area contributed by atoms with Crippen LogP contribution in [0.3, 0.4) is 0 Å². The van der Waals surface area contributed by atoms with E-state index in [1.807, 2.05) is 141 Å². The molecule has 0 bridgehead atoms. The van der Waals surface area contributed by atoms with E-state index in [1.165, 1.54) is 90.8 Å². The van der Waals surface area contributed by atoms with Crippen LogP contribution in [0.4, 0.5) is 0 Å². The number of nitrogens with zero attached hydrogens (tertiary/aromatic N) is 15. The van der Waals surface area contributed by atoms with Crippen molar-refractivity contribution in [2.24, 2.45) is 0 Å². The van der Waals surface area contributed by atoms with E-state index in [-0.39, 0.29) is 0 Å². The minimum atomic E-state index is 0.759. The fourth-order valence-electron chi connectivity index (χ4n) is 8.35. The second-order valence-electron chi connectivity index (χ2n) is 20.4. The lowest BCUT2D eigenvalue weighted by Crippen LogP contribution is -1.90. The summed E-state index contributed by atoms with van der Waals surface area (Å²) in [5, 5.41) is 9.13. The third-order valence-corrected chi connectivity index (χ3v) is 12.9. The molecule has 9 aromatic heterocycles. The molecule has 0 amide bonds. The predicted molar refractivity (Wildman–Crippen MR) is 374 cm³/mol. The number of aromatic nitrogens is 15. The van der Waals surface area contributed by atoms with Crippen LogP contribution in [0.1, 0.15) is 56.7 Å². The standard InChI is InChI=1S/C25H18.C10H9N.3C6H7N.4C5H6N2.C4H5N3/c1-17-19-11-4-6-14-22(19)25(23-15-7-5-12-20(17)23)24-16-8-10-18-9-2-3-13-21(18)24;1-8-6-7-9-4-2-3-5-10(9)11-8;1-6-2-4-7-5-3-6;1-6-3-2-4-7-5-6;1-6-4-2-3-5-7-6;1-5-2-6-4-7-3-5;1-5-4-6-2-3-7-5;1-5-2-3-6-4-7-5;1-5-6-3-2-4-7-5;1-4-6-2-5-3-7-4/h2-16H,1H3;2-7H,1H3;3*2-5H,1H3;4*2-4H,1H3;2-3H,1H3. The number of hydrogen-bond acceptors (Lipinski definition) is 15. The van der Waals surface area contributed by atoms with Crippen LogP contribution in [0.2, 0.25) is 0 Å². The Labute approximate surface area is 540 Å². The maximum atomic E-state index is 4.38. The van der Waals surface area contributed by atoms with Crippen molar-refractivity contribution >= 4 is 43.2 Å². The lowest BCUT2D eigenvalue weighted by atomic mass is 9.87. The first kappa shape index (κ1) is 69.4. The predicted octanol–water partition coefficient (Wildman–Crippen LogP) is 17.2. The molecule has 15 aromatic rings. The summed E-state index contributed by atoms with van der Waals surface area (Å²) in [5.74, 6) is 1.58. The molecule has 0 spiro atoms. The number of aryl methyl sites for hydroxylation is 10. The molecule has 0 saturated heterocycles. The van der Waals surface area contributed by atoms with Crippen molar-refractivity contribution in [2.75, 3.05) is 0 Å². The molecular formula is C77H77N15. The topological polar surface area (TPSA) is 193 Å². The van der Waals surface area contributed by atoms with Gasteiger partial charge in [0.1, 0.15) is 37.0 Å². The molecule has 6 aromatic carbocycles. The molecule has 0 radical (unpaired) electrons. The molecular weight excluding hydrogens is 1130 g/mol. The smallest absolute Gasteiger partial charge is 0.128 e. The fraction of sp³-hybridized carbons (Fsp3) is 0.130. The van der Waals surface area contributed by atoms with E-state index >= 15 is 0 Å². The summed E-state index contributed by atoms with van der Waals surface area (Å²) in [4.78, 5) is 57.8. The molecule has 15 nitrogen and oxygen atoms in total. The van der Waals surface area contributed by atoms with Gasteiger partial charge in [-0.1, -0.05) is 127 Å². The Morgan fingerprint density at radius 2 is 0.783 bits per heavy atom. The Morgan fingerprint density at radius 3 is 1.23 bits per heavy atom. The van der Waals surface area contributed by atoms with Crippen molar-refractivity contribution in [3.05, 3.63) is 345 Å². The van der Waals surface area contributed by atoms with E-state index in [0.29, 0.717) is 0 Å². The summed E-state index contributed by atoms with van der Waals surface area (Å²) in [7, 11) is 0. The van der Waals surface area contributed by atoms with Crippen molar-refractivity contribution in [3.63, 3.8) is 0 Å². The minimum Gasteiger partial charge on any atom is -0.265 e. The average Bonchev–Trinajstić information content (AvgIpc) is 0.795. The van der Waals surface area contributed by atoms with Crippen LogP contribution in [0.15, 0.2) is 288 Å². The van der Waals surface area contributed by atoms with E-state index in [1.54, 1.807) is 80.4 Å². The molecule has 0 unspecified atom stereocenters. The van der Waals surface area contributed by atoms with Gasteiger partial charge in [-0.2, -0.15) is 0 Å². The van der Waals surface area contributed by atoms with Gasteiger partial charge in [-0.05, 0) is 190 Å². The van der Waals surface area contributed by atoms with E-state index < -0.39 is 0 Å². The van der Waals surface area contributed by atoms with E-state index in [9.17, 15) is 0 Å². The molecule has 15 heteroatoms. The summed E-state index contributed by atoms with van der Waals surface area (Å²) in [5.41, 5.74) is 12.8. The van der Waals surface area contributed by atoms with Crippen LogP contribution < -0.4 is 0 Å². The van der Waals surface area contributed by atoms with Crippen molar-refractivity contribution < 1.29 is 0 Å². The Kier molecular flexibility index (Phi) is 30.1. The first-order chi connectivity index (χ1) is 44.9. The average molecular weight is 1210 g/mol. The van der Waals surface area contributed by atoms with Crippen LogP contribution in [0, 0.1) is 69.2 Å². The van der Waals surface area contributed by atoms with Crippen molar-refractivity contribution in [2.45, 2.75) is 69.2 Å². The summed E-state index contributed by atoms with van der Waals surface area (Å²) in [6.07, 6.45) is 28.7. The van der Waals surface area contributed by atoms with Crippen molar-refractivity contribution in [3.8, 4) is 11.1 Å². The monoisotopic (exact) mass is 1210 g/mol. The highest BCUT2D eigenvalue weighted by Gasteiger charge is 2.14. The number of rotatable bonds is 1. The van der Waals surface area contributed by atoms with Gasteiger partial charge in [0.2, 0.25) is 0 Å². The molecule has 0 saturated carbocycles. The highest BCUT2D eigenvalue weighted by atomic mass is 15.0. The molecule has 460 valence electrons. The third-order valence-electron chi connectivity index (χ3n) is 12.9. The summed E-state index contributed by atoms with van der Waals surface area (Å²) < 4.78 is 0. The van der Waals surface area contributed by atoms with E-state index in [2.05, 4.69) is 185 Å². The number of benzene rings is 6. The van der Waals surface area contributed by atoms with Crippen molar-refractivity contribution in [1.82, 2.24) is 74.8 Å². The third kappa shape index (κ3) is 25.6. The van der Waals surface area contributed by atoms with Crippen molar-refractivity contribution in [1.29, 1.82) is 0 Å². The van der Waals surface area contributed by atoms with E-state index in [4.69, 9.17) is 0 Å². The number of para-hydroxylation sites is 1. The SMILES string of the molecule is Cc1c2ccccc2c(-c2cccc3ccccc23)c2ccccc12.Cc1ccc2ccccc2n1.Cc1ccccn1.Cc1cccnc1.Cc1ccncc1.Cc1ccncn1.Cc1cnccn1.Cc1cncnc1.Cc1ncccn1.Cc1ncncn1. The first-order valence-corrected chi connectivity index (χ1v) is 29.7. The van der Waals surface area contributed by atoms with Gasteiger partial charge in [0.25, 0.3) is 0 Å². The van der Waals surface area contributed by atoms with Crippen LogP contribution in [-0.2, 0) is 0 Å². The zero-order chi connectivity index (χ0) is 65.4. The van der Waals surface area contributed by atoms with Crippen LogP contribution in [0.25, 0.3) is 54.3 Å². The zero-order valence-electron chi connectivity index (χ0n) is 53.8. The Bertz CT molecular complexity index is 3920. The second kappa shape index (κ2) is 40.0. The van der Waals surface area contributed by atoms with Gasteiger partial charge in [-0.3, -0.25) is 29.9 Å². The minimum absolute atomic E-state index is 0.759. The van der Waals surface area contributed by atoms with Gasteiger partial charge in [-0.25, -0.2) is 44.9 Å². The molecule has 0 aliphatic rings.